The first-order chi connectivity index (χ1) is 19.4. The van der Waals surface area contributed by atoms with Gasteiger partial charge in [0.1, 0.15) is 22.5 Å². The molecule has 0 aliphatic heterocycles. The number of phenols is 2. The summed E-state index contributed by atoms with van der Waals surface area (Å²) in [5, 5.41) is 45.9. The number of fused-ring (bicyclic) bond motifs is 2. The molecule has 6 rings (SSSR count). The number of aromatic hydroxyl groups is 2. The predicted octanol–water partition coefficient (Wildman–Crippen LogP) is 7.16. The standard InChI is InChI=1S/C33H34N6O2/c1-32(2,3)20-14-18(30(40)24(16-20)22-9-7-11-26-28(22)36-38-34-26)13-19-15-21(33(4,5)6)17-25(31(19)41)23-10-8-12-27-29(23)37-39-35-27/h7-12,14-17,40-41H,13H2,1-6H3,(H,34,36,38)(H,35,37,39). The summed E-state index contributed by atoms with van der Waals surface area (Å²) < 4.78 is 0. The van der Waals surface area contributed by atoms with Gasteiger partial charge in [0, 0.05) is 28.7 Å². The van der Waals surface area contributed by atoms with Crippen molar-refractivity contribution in [3.8, 4) is 33.8 Å². The van der Waals surface area contributed by atoms with Crippen LogP contribution in [0.4, 0.5) is 0 Å². The van der Waals surface area contributed by atoms with E-state index in [-0.39, 0.29) is 22.3 Å². The molecule has 0 amide bonds. The van der Waals surface area contributed by atoms with Gasteiger partial charge in [-0.05, 0) is 57.3 Å². The minimum Gasteiger partial charge on any atom is -0.507 e. The lowest BCUT2D eigenvalue weighted by Gasteiger charge is -2.25. The Morgan fingerprint density at radius 1 is 0.585 bits per heavy atom. The van der Waals surface area contributed by atoms with E-state index >= 15 is 0 Å². The van der Waals surface area contributed by atoms with Crippen LogP contribution in [0.2, 0.25) is 0 Å². The summed E-state index contributed by atoms with van der Waals surface area (Å²) in [6, 6.07) is 19.7. The zero-order chi connectivity index (χ0) is 29.1. The molecular formula is C33H34N6O2. The molecule has 0 saturated carbocycles. The SMILES string of the molecule is CC(C)(C)c1cc(Cc2cc(C(C)(C)C)cc(-c3cccc4[nH]nnc34)c2O)c(O)c(-c2cccc3[nH]nnc23)c1. The van der Waals surface area contributed by atoms with Crippen molar-refractivity contribution in [3.63, 3.8) is 0 Å². The molecule has 8 heteroatoms. The van der Waals surface area contributed by atoms with Gasteiger partial charge in [-0.3, -0.25) is 10.2 Å². The van der Waals surface area contributed by atoms with E-state index in [2.05, 4.69) is 72.4 Å². The number of nitrogens with zero attached hydrogens (tertiary/aromatic N) is 4. The number of benzene rings is 4. The molecule has 208 valence electrons. The van der Waals surface area contributed by atoms with Crippen molar-refractivity contribution in [1.29, 1.82) is 0 Å². The molecular weight excluding hydrogens is 512 g/mol. The van der Waals surface area contributed by atoms with Gasteiger partial charge in [-0.1, -0.05) is 88.4 Å². The molecule has 2 aromatic heterocycles. The summed E-state index contributed by atoms with van der Waals surface area (Å²) in [6.45, 7) is 12.9. The lowest BCUT2D eigenvalue weighted by atomic mass is 9.81. The van der Waals surface area contributed by atoms with E-state index in [1.54, 1.807) is 0 Å². The van der Waals surface area contributed by atoms with Crippen molar-refractivity contribution < 1.29 is 10.2 Å². The average molecular weight is 547 g/mol. The highest BCUT2D eigenvalue weighted by molar-refractivity contribution is 5.95. The smallest absolute Gasteiger partial charge is 0.127 e. The van der Waals surface area contributed by atoms with Crippen LogP contribution in [-0.2, 0) is 17.3 Å². The van der Waals surface area contributed by atoms with Gasteiger partial charge in [0.25, 0.3) is 0 Å². The first-order valence-electron chi connectivity index (χ1n) is 13.7. The van der Waals surface area contributed by atoms with Gasteiger partial charge in [-0.15, -0.1) is 10.2 Å². The third kappa shape index (κ3) is 4.69. The van der Waals surface area contributed by atoms with E-state index in [1.807, 2.05) is 60.7 Å². The fourth-order valence-corrected chi connectivity index (χ4v) is 5.32. The molecule has 0 radical (unpaired) electrons. The number of aromatic nitrogens is 6. The molecule has 8 nitrogen and oxygen atoms in total. The molecule has 0 aliphatic rings. The fourth-order valence-electron chi connectivity index (χ4n) is 5.32. The van der Waals surface area contributed by atoms with Crippen LogP contribution < -0.4 is 0 Å². The monoisotopic (exact) mass is 546 g/mol. The van der Waals surface area contributed by atoms with Crippen LogP contribution in [0.1, 0.15) is 63.8 Å². The van der Waals surface area contributed by atoms with Crippen molar-refractivity contribution in [1.82, 2.24) is 30.8 Å². The molecule has 0 aliphatic carbocycles. The summed E-state index contributed by atoms with van der Waals surface area (Å²) in [5.74, 6) is 0.323. The first-order valence-corrected chi connectivity index (χ1v) is 13.7. The van der Waals surface area contributed by atoms with Crippen LogP contribution in [0.5, 0.6) is 11.5 Å². The van der Waals surface area contributed by atoms with Gasteiger partial charge in [0.05, 0.1) is 11.0 Å². The predicted molar refractivity (Wildman–Crippen MR) is 162 cm³/mol. The lowest BCUT2D eigenvalue weighted by molar-refractivity contribution is 0.463. The van der Waals surface area contributed by atoms with Gasteiger partial charge >= 0.3 is 0 Å². The summed E-state index contributed by atoms with van der Waals surface area (Å²) in [5.41, 5.74) is 9.17. The van der Waals surface area contributed by atoms with E-state index in [1.165, 1.54) is 0 Å². The van der Waals surface area contributed by atoms with Crippen LogP contribution >= 0.6 is 0 Å². The number of H-pyrrole nitrogens is 2. The molecule has 4 aromatic carbocycles. The molecule has 6 aromatic rings. The van der Waals surface area contributed by atoms with Crippen LogP contribution in [0.15, 0.2) is 60.7 Å². The molecule has 41 heavy (non-hydrogen) atoms. The van der Waals surface area contributed by atoms with E-state index in [4.69, 9.17) is 0 Å². The minimum atomic E-state index is -0.183. The molecule has 0 saturated heterocycles. The molecule has 4 N–H and O–H groups in total. The highest BCUT2D eigenvalue weighted by atomic mass is 16.3. The van der Waals surface area contributed by atoms with Gasteiger partial charge in [0.2, 0.25) is 0 Å². The van der Waals surface area contributed by atoms with Crippen LogP contribution in [0.3, 0.4) is 0 Å². The number of hydrogen-bond donors (Lipinski definition) is 4. The molecule has 0 unspecified atom stereocenters. The Labute approximate surface area is 238 Å². The number of phenolic OH excluding ortho intramolecular Hbond substituents is 2. The van der Waals surface area contributed by atoms with Gasteiger partial charge < -0.3 is 10.2 Å². The second-order valence-corrected chi connectivity index (χ2v) is 12.8. The number of aromatic amines is 2. The maximum Gasteiger partial charge on any atom is 0.127 e. The number of rotatable bonds is 4. The first kappa shape index (κ1) is 26.5. The molecule has 2 heterocycles. The largest absolute Gasteiger partial charge is 0.507 e. The van der Waals surface area contributed by atoms with Gasteiger partial charge in [0.15, 0.2) is 0 Å². The normalized spacial score (nSPS) is 12.4. The van der Waals surface area contributed by atoms with Crippen LogP contribution in [-0.4, -0.2) is 41.0 Å². The Morgan fingerprint density at radius 3 is 1.39 bits per heavy atom. The molecule has 0 spiro atoms. The zero-order valence-electron chi connectivity index (χ0n) is 24.2. The van der Waals surface area contributed by atoms with E-state index in [9.17, 15) is 10.2 Å². The molecule has 0 fully saturated rings. The summed E-state index contributed by atoms with van der Waals surface area (Å²) in [4.78, 5) is 0. The Bertz CT molecular complexity index is 1780. The number of hydrogen-bond acceptors (Lipinski definition) is 6. The van der Waals surface area contributed by atoms with Crippen LogP contribution in [0, 0.1) is 0 Å². The lowest BCUT2D eigenvalue weighted by Crippen LogP contribution is -2.13. The minimum absolute atomic E-state index is 0.161. The highest BCUT2D eigenvalue weighted by Crippen LogP contribution is 2.44. The highest BCUT2D eigenvalue weighted by Gasteiger charge is 2.25. The third-order valence-electron chi connectivity index (χ3n) is 7.78. The van der Waals surface area contributed by atoms with Crippen molar-refractivity contribution in [2.45, 2.75) is 58.8 Å². The Balaban J connectivity index is 1.57. The second-order valence-electron chi connectivity index (χ2n) is 12.8. The fraction of sp³-hybridized carbons (Fsp3) is 0.273. The van der Waals surface area contributed by atoms with Gasteiger partial charge in [-0.25, -0.2) is 0 Å². The maximum absolute atomic E-state index is 11.7. The molecule has 0 atom stereocenters. The summed E-state index contributed by atoms with van der Waals surface area (Å²) in [6.07, 6.45) is 0.328. The third-order valence-corrected chi connectivity index (χ3v) is 7.78. The second kappa shape index (κ2) is 9.44. The van der Waals surface area contributed by atoms with Gasteiger partial charge in [-0.2, -0.15) is 0 Å². The number of nitrogens with one attached hydrogen (secondary N) is 2. The zero-order valence-corrected chi connectivity index (χ0v) is 24.2. The quantitative estimate of drug-likeness (QED) is 0.186. The van der Waals surface area contributed by atoms with E-state index in [0.29, 0.717) is 28.6 Å². The summed E-state index contributed by atoms with van der Waals surface area (Å²) >= 11 is 0. The topological polar surface area (TPSA) is 124 Å². The summed E-state index contributed by atoms with van der Waals surface area (Å²) in [7, 11) is 0. The van der Waals surface area contributed by atoms with E-state index in [0.717, 1.165) is 44.4 Å². The van der Waals surface area contributed by atoms with E-state index < -0.39 is 0 Å². The maximum atomic E-state index is 11.7. The Kier molecular flexibility index (Phi) is 6.10. The van der Waals surface area contributed by atoms with Crippen LogP contribution in [0.25, 0.3) is 44.3 Å². The van der Waals surface area contributed by atoms with Crippen molar-refractivity contribution in [2.75, 3.05) is 0 Å². The van der Waals surface area contributed by atoms with Crippen molar-refractivity contribution >= 4 is 22.1 Å². The van der Waals surface area contributed by atoms with Crippen molar-refractivity contribution in [3.05, 3.63) is 82.9 Å². The Hall–Kier alpha value is -4.72. The molecule has 0 bridgehead atoms. The Morgan fingerprint density at radius 2 is 1.00 bits per heavy atom. The van der Waals surface area contributed by atoms with Crippen molar-refractivity contribution in [2.24, 2.45) is 0 Å². The average Bonchev–Trinajstić information content (AvgIpc) is 3.59.